The highest BCUT2D eigenvalue weighted by molar-refractivity contribution is 7.80. The van der Waals surface area contributed by atoms with Gasteiger partial charge in [-0.3, -0.25) is 0 Å². The lowest BCUT2D eigenvalue weighted by molar-refractivity contribution is 0.417. The zero-order valence-corrected chi connectivity index (χ0v) is 15.0. The molecule has 0 amide bonds. The van der Waals surface area contributed by atoms with Gasteiger partial charge in [-0.2, -0.15) is 0 Å². The number of hydrogen-bond acceptors (Lipinski definition) is 2. The molecule has 2 aromatic rings. The lowest BCUT2D eigenvalue weighted by Crippen LogP contribution is -2.44. The molecule has 1 unspecified atom stereocenters. The van der Waals surface area contributed by atoms with E-state index in [0.29, 0.717) is 21.6 Å². The Labute approximate surface area is 151 Å². The number of fused-ring (bicyclic) bond motifs is 1. The fraction of sp³-hybridized carbons (Fsp3) is 0.278. The van der Waals surface area contributed by atoms with Crippen molar-refractivity contribution in [3.05, 3.63) is 52.8 Å². The number of hydrogen-bond donors (Lipinski definition) is 1. The molecular formula is C18H18ClFN2OS. The van der Waals surface area contributed by atoms with Crippen molar-refractivity contribution in [1.82, 2.24) is 0 Å². The van der Waals surface area contributed by atoms with Gasteiger partial charge in [0.1, 0.15) is 11.6 Å². The Balaban J connectivity index is 1.92. The summed E-state index contributed by atoms with van der Waals surface area (Å²) in [6.07, 6.45) is 1.75. The second-order valence-corrected chi connectivity index (χ2v) is 6.63. The van der Waals surface area contributed by atoms with Crippen LogP contribution in [0.15, 0.2) is 36.4 Å². The van der Waals surface area contributed by atoms with Crippen LogP contribution in [0.3, 0.4) is 0 Å². The van der Waals surface area contributed by atoms with E-state index in [2.05, 4.69) is 12.2 Å². The molecule has 126 valence electrons. The Hall–Kier alpha value is -1.85. The smallest absolute Gasteiger partial charge is 0.178 e. The lowest BCUT2D eigenvalue weighted by atomic mass is 9.97. The molecule has 0 bridgehead atoms. The van der Waals surface area contributed by atoms with Crippen LogP contribution in [0.1, 0.15) is 18.9 Å². The maximum Gasteiger partial charge on any atom is 0.178 e. The number of nitrogens with one attached hydrogen (secondary N) is 1. The number of rotatable bonds is 2. The first-order chi connectivity index (χ1) is 11.5. The number of ether oxygens (including phenoxy) is 1. The van der Waals surface area contributed by atoms with Crippen molar-refractivity contribution in [2.75, 3.05) is 17.3 Å². The van der Waals surface area contributed by atoms with Crippen LogP contribution in [0, 0.1) is 5.82 Å². The Morgan fingerprint density at radius 1 is 1.33 bits per heavy atom. The molecule has 1 aliphatic heterocycles. The summed E-state index contributed by atoms with van der Waals surface area (Å²) in [6, 6.07) is 10.4. The van der Waals surface area contributed by atoms with Crippen molar-refractivity contribution in [3.63, 3.8) is 0 Å². The minimum absolute atomic E-state index is 0.216. The van der Waals surface area contributed by atoms with Gasteiger partial charge in [0.15, 0.2) is 5.11 Å². The number of aryl methyl sites for hydroxylation is 1. The predicted octanol–water partition coefficient (Wildman–Crippen LogP) is 5.03. The van der Waals surface area contributed by atoms with Gasteiger partial charge in [0.2, 0.25) is 0 Å². The molecule has 1 atom stereocenters. The van der Waals surface area contributed by atoms with Crippen LogP contribution in [-0.2, 0) is 6.42 Å². The van der Waals surface area contributed by atoms with Gasteiger partial charge in [0.05, 0.1) is 12.8 Å². The summed E-state index contributed by atoms with van der Waals surface area (Å²) in [4.78, 5) is 2.02. The second kappa shape index (κ2) is 6.95. The van der Waals surface area contributed by atoms with Gasteiger partial charge in [0, 0.05) is 16.8 Å². The average Bonchev–Trinajstić information content (AvgIpc) is 2.55. The Morgan fingerprint density at radius 2 is 2.12 bits per heavy atom. The third-order valence-corrected chi connectivity index (χ3v) is 4.73. The standard InChI is InChI=1S/C18H18ClFN2OS/c1-11-3-4-12-9-14(20)6-7-16(12)22(11)18(24)21-15-10-13(19)5-8-17(15)23-2/h5-11H,3-4H2,1-2H3,(H,21,24). The normalized spacial score (nSPS) is 16.5. The monoisotopic (exact) mass is 364 g/mol. The first-order valence-corrected chi connectivity index (χ1v) is 8.50. The molecule has 0 radical (unpaired) electrons. The van der Waals surface area contributed by atoms with E-state index in [1.54, 1.807) is 37.4 Å². The minimum Gasteiger partial charge on any atom is -0.495 e. The molecule has 1 N–H and O–H groups in total. The van der Waals surface area contributed by atoms with Gasteiger partial charge in [-0.1, -0.05) is 11.6 Å². The zero-order chi connectivity index (χ0) is 17.3. The van der Waals surface area contributed by atoms with Gasteiger partial charge in [-0.15, -0.1) is 0 Å². The van der Waals surface area contributed by atoms with Crippen molar-refractivity contribution in [2.45, 2.75) is 25.8 Å². The number of methoxy groups -OCH3 is 1. The molecular weight excluding hydrogens is 347 g/mol. The summed E-state index contributed by atoms with van der Waals surface area (Å²) in [5, 5.41) is 4.34. The maximum atomic E-state index is 13.5. The predicted molar refractivity (Wildman–Crippen MR) is 101 cm³/mol. The van der Waals surface area contributed by atoms with Crippen LogP contribution in [0.5, 0.6) is 5.75 Å². The molecule has 3 nitrogen and oxygen atoms in total. The topological polar surface area (TPSA) is 24.5 Å². The van der Waals surface area contributed by atoms with E-state index >= 15 is 0 Å². The number of nitrogens with zero attached hydrogens (tertiary/aromatic N) is 1. The summed E-state index contributed by atoms with van der Waals surface area (Å²) in [6.45, 7) is 2.11. The maximum absolute atomic E-state index is 13.5. The first kappa shape index (κ1) is 17.0. The molecule has 0 saturated carbocycles. The quantitative estimate of drug-likeness (QED) is 0.756. The highest BCUT2D eigenvalue weighted by Crippen LogP contribution is 2.33. The number of benzene rings is 2. The fourth-order valence-corrected chi connectivity index (χ4v) is 3.54. The van der Waals surface area contributed by atoms with Crippen LogP contribution in [-0.4, -0.2) is 18.3 Å². The lowest BCUT2D eigenvalue weighted by Gasteiger charge is -2.37. The van der Waals surface area contributed by atoms with E-state index in [-0.39, 0.29) is 11.9 Å². The van der Waals surface area contributed by atoms with Crippen LogP contribution in [0.2, 0.25) is 5.02 Å². The molecule has 24 heavy (non-hydrogen) atoms. The van der Waals surface area contributed by atoms with Crippen molar-refractivity contribution in [2.24, 2.45) is 0 Å². The van der Waals surface area contributed by atoms with E-state index in [0.717, 1.165) is 24.1 Å². The summed E-state index contributed by atoms with van der Waals surface area (Å²) < 4.78 is 18.9. The third kappa shape index (κ3) is 3.32. The molecule has 2 aromatic carbocycles. The van der Waals surface area contributed by atoms with E-state index in [1.165, 1.54) is 6.07 Å². The van der Waals surface area contributed by atoms with Crippen molar-refractivity contribution in [3.8, 4) is 5.75 Å². The molecule has 6 heteroatoms. The van der Waals surface area contributed by atoms with Crippen LogP contribution < -0.4 is 15.0 Å². The zero-order valence-electron chi connectivity index (χ0n) is 13.5. The Bertz CT molecular complexity index is 784. The van der Waals surface area contributed by atoms with Gasteiger partial charge in [-0.25, -0.2) is 4.39 Å². The van der Waals surface area contributed by atoms with Gasteiger partial charge in [-0.05, 0) is 73.9 Å². The molecule has 0 fully saturated rings. The molecule has 3 rings (SSSR count). The SMILES string of the molecule is COc1ccc(Cl)cc1NC(=S)N1c2ccc(F)cc2CCC1C. The number of thiocarbonyl (C=S) groups is 1. The number of anilines is 2. The number of halogens is 2. The molecule has 1 heterocycles. The van der Waals surface area contributed by atoms with Gasteiger partial charge < -0.3 is 15.0 Å². The highest BCUT2D eigenvalue weighted by Gasteiger charge is 2.27. The molecule has 0 spiro atoms. The van der Waals surface area contributed by atoms with Gasteiger partial charge in [0.25, 0.3) is 0 Å². The Kier molecular flexibility index (Phi) is 4.92. The Morgan fingerprint density at radius 3 is 2.88 bits per heavy atom. The van der Waals surface area contributed by atoms with Crippen LogP contribution in [0.25, 0.3) is 0 Å². The summed E-state index contributed by atoms with van der Waals surface area (Å²) in [5.74, 6) is 0.435. The van der Waals surface area contributed by atoms with E-state index in [1.807, 2.05) is 4.90 Å². The molecule has 0 saturated heterocycles. The largest absolute Gasteiger partial charge is 0.495 e. The summed E-state index contributed by atoms with van der Waals surface area (Å²) in [5.41, 5.74) is 2.61. The van der Waals surface area contributed by atoms with Crippen molar-refractivity contribution < 1.29 is 9.13 Å². The average molecular weight is 365 g/mol. The van der Waals surface area contributed by atoms with Crippen LogP contribution >= 0.6 is 23.8 Å². The van der Waals surface area contributed by atoms with E-state index in [4.69, 9.17) is 28.6 Å². The summed E-state index contributed by atoms with van der Waals surface area (Å²) >= 11 is 11.7. The third-order valence-electron chi connectivity index (χ3n) is 4.20. The first-order valence-electron chi connectivity index (χ1n) is 7.72. The summed E-state index contributed by atoms with van der Waals surface area (Å²) in [7, 11) is 1.60. The van der Waals surface area contributed by atoms with E-state index < -0.39 is 0 Å². The van der Waals surface area contributed by atoms with E-state index in [9.17, 15) is 4.39 Å². The van der Waals surface area contributed by atoms with Crippen molar-refractivity contribution >= 4 is 40.3 Å². The minimum atomic E-state index is -0.223. The molecule has 0 aliphatic carbocycles. The van der Waals surface area contributed by atoms with Crippen molar-refractivity contribution in [1.29, 1.82) is 0 Å². The highest BCUT2D eigenvalue weighted by atomic mass is 35.5. The van der Waals surface area contributed by atoms with Crippen LogP contribution in [0.4, 0.5) is 15.8 Å². The van der Waals surface area contributed by atoms with Gasteiger partial charge >= 0.3 is 0 Å². The fourth-order valence-electron chi connectivity index (χ4n) is 2.98. The molecule has 1 aliphatic rings. The second-order valence-electron chi connectivity index (χ2n) is 5.81. The molecule has 0 aromatic heterocycles.